The Kier molecular flexibility index (Phi) is 5.84. The SMILES string of the molecule is Fc1ccc2[nH]ccc2c1-c1nc(N2CCOCC2)c2nc(CN3CCN(C4CC4)C[I-]3)sc2n1. The topological polar surface area (TPSA) is 73.4 Å². The molecule has 3 aliphatic rings. The molecular weight excluding hydrogens is 580 g/mol. The van der Waals surface area contributed by atoms with Crippen LogP contribution in [-0.2, 0) is 11.3 Å². The molecule has 184 valence electrons. The minimum absolute atomic E-state index is 0.0140. The van der Waals surface area contributed by atoms with Gasteiger partial charge in [0.15, 0.2) is 0 Å². The molecule has 0 atom stereocenters. The number of alkyl halides is 1. The summed E-state index contributed by atoms with van der Waals surface area (Å²) in [6, 6.07) is 5.98. The van der Waals surface area contributed by atoms with E-state index in [1.807, 2.05) is 12.3 Å². The number of ether oxygens (including phenoxy) is 1. The number of morpholine rings is 1. The first kappa shape index (κ1) is 22.3. The van der Waals surface area contributed by atoms with E-state index in [9.17, 15) is 0 Å². The number of hydrogen-bond donors (Lipinski definition) is 1. The monoisotopic (exact) mass is 606 g/mol. The summed E-state index contributed by atoms with van der Waals surface area (Å²) in [5.74, 6) is 0.894. The van der Waals surface area contributed by atoms with Gasteiger partial charge in [0.1, 0.15) is 0 Å². The normalized spacial score (nSPS) is 20.5. The quantitative estimate of drug-likeness (QED) is 0.153. The van der Waals surface area contributed by atoms with Gasteiger partial charge in [-0.15, -0.1) is 0 Å². The Morgan fingerprint density at radius 1 is 1.09 bits per heavy atom. The van der Waals surface area contributed by atoms with E-state index < -0.39 is 0 Å². The molecule has 0 unspecified atom stereocenters. The van der Waals surface area contributed by atoms with Crippen LogP contribution >= 0.6 is 11.3 Å². The molecule has 3 fully saturated rings. The van der Waals surface area contributed by atoms with Gasteiger partial charge in [0.2, 0.25) is 0 Å². The van der Waals surface area contributed by atoms with Crippen LogP contribution in [0.4, 0.5) is 10.2 Å². The second-order valence-electron chi connectivity index (χ2n) is 9.22. The molecule has 7 rings (SSSR count). The van der Waals surface area contributed by atoms with E-state index in [1.165, 1.54) is 23.5 Å². The minimum atomic E-state index is -0.313. The summed E-state index contributed by atoms with van der Waals surface area (Å²) in [6.45, 7) is 5.93. The van der Waals surface area contributed by atoms with E-state index in [0.717, 1.165) is 70.8 Å². The number of aromatic amines is 1. The molecule has 8 nitrogen and oxygen atoms in total. The number of hydrogen-bond acceptors (Lipinski definition) is 8. The number of benzene rings is 1. The first-order valence-corrected chi connectivity index (χ1v) is 15.4. The van der Waals surface area contributed by atoms with E-state index in [1.54, 1.807) is 17.4 Å². The summed E-state index contributed by atoms with van der Waals surface area (Å²) < 4.78 is 24.5. The van der Waals surface area contributed by atoms with Gasteiger partial charge in [0.05, 0.1) is 0 Å². The van der Waals surface area contributed by atoms with Crippen LogP contribution in [0.25, 0.3) is 32.6 Å². The molecule has 4 aromatic rings. The van der Waals surface area contributed by atoms with Crippen molar-refractivity contribution >= 4 is 38.4 Å². The molecular formula is C24H26FIN7OS-. The van der Waals surface area contributed by atoms with E-state index >= 15 is 4.39 Å². The standard InChI is InChI=1S/C24H26FIN7OS/c25-17-3-4-18-16(5-6-27-18)20(17)22-29-23(31-9-11-34-12-10-31)21-24(30-22)35-19(28-21)13-33-8-7-32(14-26-33)15-1-2-15/h3-6,15,27H,1-2,7-14H2/q-1. The Morgan fingerprint density at radius 3 is 2.77 bits per heavy atom. The summed E-state index contributed by atoms with van der Waals surface area (Å²) in [7, 11) is 0. The molecule has 35 heavy (non-hydrogen) atoms. The predicted molar refractivity (Wildman–Crippen MR) is 130 cm³/mol. The van der Waals surface area contributed by atoms with Crippen molar-refractivity contribution in [1.82, 2.24) is 27.9 Å². The molecule has 2 saturated heterocycles. The molecule has 0 amide bonds. The Labute approximate surface area is 217 Å². The van der Waals surface area contributed by atoms with Crippen LogP contribution in [0.5, 0.6) is 0 Å². The molecule has 2 aliphatic heterocycles. The van der Waals surface area contributed by atoms with Crippen LogP contribution < -0.4 is 26.4 Å². The fraction of sp³-hybridized carbons (Fsp3) is 0.458. The van der Waals surface area contributed by atoms with E-state index in [-0.39, 0.29) is 27.3 Å². The molecule has 0 radical (unpaired) electrons. The Bertz CT molecular complexity index is 1380. The third kappa shape index (κ3) is 4.31. The number of aromatic nitrogens is 4. The number of nitrogens with one attached hydrogen (secondary N) is 1. The second-order valence-corrected chi connectivity index (χ2v) is 13.0. The third-order valence-corrected chi connectivity index (χ3v) is 10.8. The zero-order valence-electron chi connectivity index (χ0n) is 19.2. The summed E-state index contributed by atoms with van der Waals surface area (Å²) in [6.07, 6.45) is 4.58. The fourth-order valence-electron chi connectivity index (χ4n) is 4.85. The second kappa shape index (κ2) is 9.18. The van der Waals surface area contributed by atoms with Crippen molar-refractivity contribution in [3.05, 3.63) is 35.2 Å². The van der Waals surface area contributed by atoms with Crippen molar-refractivity contribution in [3.8, 4) is 11.4 Å². The summed E-state index contributed by atoms with van der Waals surface area (Å²) >= 11 is 1.61. The Balaban J connectivity index is 1.26. The average molecular weight is 606 g/mol. The number of nitrogens with zero attached hydrogens (tertiary/aromatic N) is 6. The van der Waals surface area contributed by atoms with Crippen LogP contribution in [0.2, 0.25) is 0 Å². The number of rotatable bonds is 5. The molecule has 1 saturated carbocycles. The maximum absolute atomic E-state index is 15.1. The van der Waals surface area contributed by atoms with E-state index in [0.29, 0.717) is 24.6 Å². The van der Waals surface area contributed by atoms with Gasteiger partial charge in [-0.25, -0.2) is 0 Å². The van der Waals surface area contributed by atoms with Crippen LogP contribution in [0.15, 0.2) is 24.4 Å². The Hall–Kier alpha value is -1.93. The van der Waals surface area contributed by atoms with E-state index in [4.69, 9.17) is 19.7 Å². The summed E-state index contributed by atoms with van der Waals surface area (Å²) in [5.41, 5.74) is 2.14. The van der Waals surface area contributed by atoms with Crippen LogP contribution in [0, 0.1) is 5.82 Å². The molecule has 5 heterocycles. The van der Waals surface area contributed by atoms with Gasteiger partial charge in [-0.3, -0.25) is 0 Å². The van der Waals surface area contributed by atoms with Crippen LogP contribution in [0.3, 0.4) is 0 Å². The summed E-state index contributed by atoms with van der Waals surface area (Å²) in [5, 5.41) is 1.86. The number of H-pyrrole nitrogens is 1. The van der Waals surface area contributed by atoms with Gasteiger partial charge >= 0.3 is 218 Å². The molecule has 1 aliphatic carbocycles. The van der Waals surface area contributed by atoms with Crippen molar-refractivity contribution in [3.63, 3.8) is 0 Å². The number of thiazole rings is 1. The van der Waals surface area contributed by atoms with Crippen molar-refractivity contribution < 1.29 is 30.6 Å². The van der Waals surface area contributed by atoms with Gasteiger partial charge in [-0.1, -0.05) is 0 Å². The van der Waals surface area contributed by atoms with Crippen LogP contribution in [-0.4, -0.2) is 77.9 Å². The molecule has 0 bridgehead atoms. The first-order chi connectivity index (χ1) is 17.2. The molecule has 0 spiro atoms. The van der Waals surface area contributed by atoms with Crippen molar-refractivity contribution in [2.24, 2.45) is 0 Å². The number of fused-ring (bicyclic) bond motifs is 2. The zero-order chi connectivity index (χ0) is 23.4. The number of halogens is 2. The van der Waals surface area contributed by atoms with Gasteiger partial charge in [0, 0.05) is 0 Å². The molecule has 1 N–H and O–H groups in total. The van der Waals surface area contributed by atoms with Crippen LogP contribution in [0.1, 0.15) is 17.8 Å². The maximum atomic E-state index is 15.1. The molecule has 1 aromatic carbocycles. The third-order valence-electron chi connectivity index (χ3n) is 6.88. The zero-order valence-corrected chi connectivity index (χ0v) is 22.2. The molecule has 11 heteroatoms. The Morgan fingerprint density at radius 2 is 1.97 bits per heavy atom. The van der Waals surface area contributed by atoms with Crippen molar-refractivity contribution in [1.29, 1.82) is 0 Å². The van der Waals surface area contributed by atoms with E-state index in [2.05, 4.69) is 17.9 Å². The van der Waals surface area contributed by atoms with Crippen molar-refractivity contribution in [2.75, 3.05) is 48.8 Å². The number of anilines is 1. The first-order valence-electron chi connectivity index (χ1n) is 12.1. The molecule has 3 aromatic heterocycles. The van der Waals surface area contributed by atoms with Gasteiger partial charge in [0.25, 0.3) is 0 Å². The van der Waals surface area contributed by atoms with Crippen molar-refractivity contribution in [2.45, 2.75) is 25.4 Å². The van der Waals surface area contributed by atoms with Gasteiger partial charge in [-0.2, -0.15) is 0 Å². The average Bonchev–Trinajstić information content (AvgIpc) is 3.49. The summed E-state index contributed by atoms with van der Waals surface area (Å²) in [4.78, 5) is 23.7. The van der Waals surface area contributed by atoms with Gasteiger partial charge in [-0.05, 0) is 0 Å². The predicted octanol–water partition coefficient (Wildman–Crippen LogP) is 0.452. The van der Waals surface area contributed by atoms with Gasteiger partial charge < -0.3 is 0 Å². The fourth-order valence-corrected chi connectivity index (χ4v) is 8.87.